The molecule has 1 N–H and O–H groups in total. The fraction of sp³-hybridized carbons (Fsp3) is 0.714. The highest BCUT2D eigenvalue weighted by Gasteiger charge is 2.24. The zero-order valence-corrected chi connectivity index (χ0v) is 6.57. The van der Waals surface area contributed by atoms with E-state index in [2.05, 4.69) is 4.74 Å². The van der Waals surface area contributed by atoms with Crippen LogP contribution in [0.3, 0.4) is 0 Å². The van der Waals surface area contributed by atoms with E-state index in [1.165, 1.54) is 7.11 Å². The Balaban J connectivity index is 4.11. The Hall–Kier alpha value is -1.08. The van der Waals surface area contributed by atoms with Gasteiger partial charge < -0.3 is 9.84 Å². The molecule has 62 valence electrons. The third-order valence-electron chi connectivity index (χ3n) is 1.43. The molecule has 0 fully saturated rings. The SMILES string of the molecule is CCC(C#N)C(O)C(=O)OC. The molecule has 11 heavy (non-hydrogen) atoms. The van der Waals surface area contributed by atoms with Crippen LogP contribution in [0.4, 0.5) is 0 Å². The maximum Gasteiger partial charge on any atom is 0.336 e. The summed E-state index contributed by atoms with van der Waals surface area (Å²) in [5.41, 5.74) is 0. The van der Waals surface area contributed by atoms with Gasteiger partial charge in [-0.25, -0.2) is 4.79 Å². The summed E-state index contributed by atoms with van der Waals surface area (Å²) in [4.78, 5) is 10.6. The summed E-state index contributed by atoms with van der Waals surface area (Å²) in [5.74, 6) is -1.42. The zero-order chi connectivity index (χ0) is 8.85. The van der Waals surface area contributed by atoms with Gasteiger partial charge >= 0.3 is 5.97 Å². The molecule has 0 aromatic rings. The Morgan fingerprint density at radius 1 is 1.82 bits per heavy atom. The number of aliphatic hydroxyl groups is 1. The molecule has 0 bridgehead atoms. The standard InChI is InChI=1S/C7H11NO3/c1-3-5(4-8)6(9)7(10)11-2/h5-6,9H,3H2,1-2H3. The number of aliphatic hydroxyl groups excluding tert-OH is 1. The lowest BCUT2D eigenvalue weighted by molar-refractivity contribution is -0.152. The molecule has 0 aliphatic rings. The van der Waals surface area contributed by atoms with Gasteiger partial charge in [0.25, 0.3) is 0 Å². The molecule has 0 aliphatic heterocycles. The molecular weight excluding hydrogens is 146 g/mol. The highest BCUT2D eigenvalue weighted by Crippen LogP contribution is 2.07. The quantitative estimate of drug-likeness (QED) is 0.588. The molecule has 0 saturated heterocycles. The predicted molar refractivity (Wildman–Crippen MR) is 37.4 cm³/mol. The normalized spacial score (nSPS) is 14.7. The van der Waals surface area contributed by atoms with Gasteiger partial charge in [0, 0.05) is 0 Å². The second kappa shape index (κ2) is 4.69. The molecule has 4 heteroatoms. The molecule has 2 atom stereocenters. The molecule has 0 aliphatic carbocycles. The molecule has 0 heterocycles. The van der Waals surface area contributed by atoms with E-state index in [4.69, 9.17) is 10.4 Å². The summed E-state index contributed by atoms with van der Waals surface area (Å²) in [7, 11) is 1.18. The Morgan fingerprint density at radius 3 is 2.64 bits per heavy atom. The summed E-state index contributed by atoms with van der Waals surface area (Å²) in [5, 5.41) is 17.5. The molecule has 0 rings (SSSR count). The van der Waals surface area contributed by atoms with E-state index in [-0.39, 0.29) is 0 Å². The van der Waals surface area contributed by atoms with Crippen LogP contribution in [-0.4, -0.2) is 24.3 Å². The van der Waals surface area contributed by atoms with Crippen LogP contribution in [0, 0.1) is 17.2 Å². The van der Waals surface area contributed by atoms with E-state index >= 15 is 0 Å². The number of hydrogen-bond acceptors (Lipinski definition) is 4. The minimum absolute atomic E-state index is 0.437. The number of methoxy groups -OCH3 is 1. The number of nitrogens with zero attached hydrogens (tertiary/aromatic N) is 1. The number of nitriles is 1. The van der Waals surface area contributed by atoms with Crippen molar-refractivity contribution in [2.75, 3.05) is 7.11 Å². The molecule has 0 radical (unpaired) electrons. The van der Waals surface area contributed by atoms with Crippen LogP contribution >= 0.6 is 0 Å². The molecule has 0 aromatic heterocycles. The number of rotatable bonds is 3. The van der Waals surface area contributed by atoms with Gasteiger partial charge in [0.1, 0.15) is 0 Å². The third kappa shape index (κ3) is 2.56. The lowest BCUT2D eigenvalue weighted by Crippen LogP contribution is -2.29. The minimum Gasteiger partial charge on any atom is -0.467 e. The van der Waals surface area contributed by atoms with Gasteiger partial charge in [0.05, 0.1) is 19.1 Å². The highest BCUT2D eigenvalue weighted by atomic mass is 16.5. The van der Waals surface area contributed by atoms with Crippen molar-refractivity contribution in [1.82, 2.24) is 0 Å². The molecule has 0 saturated carbocycles. The number of hydrogen-bond donors (Lipinski definition) is 1. The van der Waals surface area contributed by atoms with Crippen molar-refractivity contribution in [1.29, 1.82) is 5.26 Å². The average molecular weight is 157 g/mol. The van der Waals surface area contributed by atoms with E-state index < -0.39 is 18.0 Å². The maximum absolute atomic E-state index is 10.6. The van der Waals surface area contributed by atoms with Gasteiger partial charge in [-0.15, -0.1) is 0 Å². The van der Waals surface area contributed by atoms with Gasteiger partial charge in [-0.1, -0.05) is 6.92 Å². The van der Waals surface area contributed by atoms with E-state index in [1.807, 2.05) is 6.07 Å². The van der Waals surface area contributed by atoms with Crippen molar-refractivity contribution < 1.29 is 14.6 Å². The highest BCUT2D eigenvalue weighted by molar-refractivity contribution is 5.74. The van der Waals surface area contributed by atoms with E-state index in [0.717, 1.165) is 0 Å². The second-order valence-electron chi connectivity index (χ2n) is 2.11. The molecule has 0 amide bonds. The van der Waals surface area contributed by atoms with Crippen LogP contribution in [0.2, 0.25) is 0 Å². The summed E-state index contributed by atoms with van der Waals surface area (Å²) in [6, 6.07) is 1.82. The van der Waals surface area contributed by atoms with Crippen LogP contribution in [0.25, 0.3) is 0 Å². The first-order valence-electron chi connectivity index (χ1n) is 3.32. The zero-order valence-electron chi connectivity index (χ0n) is 6.57. The average Bonchev–Trinajstić information content (AvgIpc) is 2.05. The first-order valence-corrected chi connectivity index (χ1v) is 3.32. The first-order chi connectivity index (χ1) is 5.17. The number of esters is 1. The van der Waals surface area contributed by atoms with E-state index in [9.17, 15) is 4.79 Å². The Kier molecular flexibility index (Phi) is 4.23. The summed E-state index contributed by atoms with van der Waals surface area (Å²) >= 11 is 0. The van der Waals surface area contributed by atoms with Crippen LogP contribution < -0.4 is 0 Å². The van der Waals surface area contributed by atoms with Gasteiger partial charge in [-0.3, -0.25) is 0 Å². The first kappa shape index (κ1) is 9.92. The van der Waals surface area contributed by atoms with Crippen LogP contribution in [-0.2, 0) is 9.53 Å². The van der Waals surface area contributed by atoms with E-state index in [1.54, 1.807) is 6.92 Å². The number of carbonyl (C=O) groups excluding carboxylic acids is 1. The van der Waals surface area contributed by atoms with Crippen molar-refractivity contribution in [3.05, 3.63) is 0 Å². The van der Waals surface area contributed by atoms with Crippen LogP contribution in [0.15, 0.2) is 0 Å². The van der Waals surface area contributed by atoms with Gasteiger partial charge in [0.15, 0.2) is 6.10 Å². The monoisotopic (exact) mass is 157 g/mol. The largest absolute Gasteiger partial charge is 0.467 e. The Labute approximate surface area is 65.4 Å². The molecular formula is C7H11NO3. The van der Waals surface area contributed by atoms with Gasteiger partial charge in [0.2, 0.25) is 0 Å². The fourth-order valence-corrected chi connectivity index (χ4v) is 0.670. The van der Waals surface area contributed by atoms with Gasteiger partial charge in [-0.05, 0) is 6.42 Å². The van der Waals surface area contributed by atoms with Crippen molar-refractivity contribution in [2.24, 2.45) is 5.92 Å². The topological polar surface area (TPSA) is 70.3 Å². The van der Waals surface area contributed by atoms with Crippen LogP contribution in [0.5, 0.6) is 0 Å². The third-order valence-corrected chi connectivity index (χ3v) is 1.43. The Morgan fingerprint density at radius 2 is 2.36 bits per heavy atom. The lowest BCUT2D eigenvalue weighted by Gasteiger charge is -2.11. The number of ether oxygens (including phenoxy) is 1. The van der Waals surface area contributed by atoms with Crippen LogP contribution in [0.1, 0.15) is 13.3 Å². The smallest absolute Gasteiger partial charge is 0.336 e. The Bertz CT molecular complexity index is 173. The number of carbonyl (C=O) groups is 1. The predicted octanol–water partition coefficient (Wildman–Crippen LogP) is 0.0701. The van der Waals surface area contributed by atoms with Crippen molar-refractivity contribution in [3.8, 4) is 6.07 Å². The fourth-order valence-electron chi connectivity index (χ4n) is 0.670. The minimum atomic E-state index is -1.31. The maximum atomic E-state index is 10.6. The van der Waals surface area contributed by atoms with Crippen molar-refractivity contribution in [2.45, 2.75) is 19.4 Å². The summed E-state index contributed by atoms with van der Waals surface area (Å²) < 4.78 is 4.26. The molecule has 4 nitrogen and oxygen atoms in total. The van der Waals surface area contributed by atoms with Gasteiger partial charge in [-0.2, -0.15) is 5.26 Å². The summed E-state index contributed by atoms with van der Waals surface area (Å²) in [6.45, 7) is 1.72. The summed E-state index contributed by atoms with van der Waals surface area (Å²) in [6.07, 6.45) is -0.873. The lowest BCUT2D eigenvalue weighted by atomic mass is 10.0. The van der Waals surface area contributed by atoms with Crippen molar-refractivity contribution in [3.63, 3.8) is 0 Å². The second-order valence-corrected chi connectivity index (χ2v) is 2.11. The molecule has 0 spiro atoms. The molecule has 0 aromatic carbocycles. The van der Waals surface area contributed by atoms with Crippen molar-refractivity contribution >= 4 is 5.97 Å². The molecule has 2 unspecified atom stereocenters. The van der Waals surface area contributed by atoms with E-state index in [0.29, 0.717) is 6.42 Å².